The fourth-order valence-corrected chi connectivity index (χ4v) is 2.55. The van der Waals surface area contributed by atoms with Crippen LogP contribution in [0.5, 0.6) is 0 Å². The van der Waals surface area contributed by atoms with Gasteiger partial charge >= 0.3 is 5.97 Å². The molecule has 0 aliphatic carbocycles. The summed E-state index contributed by atoms with van der Waals surface area (Å²) in [5, 5.41) is 1.08. The highest BCUT2D eigenvalue weighted by atomic mass is 16.5. The molecule has 3 rings (SSSR count). The quantitative estimate of drug-likeness (QED) is 0.867. The van der Waals surface area contributed by atoms with Gasteiger partial charge in [-0.1, -0.05) is 0 Å². The predicted octanol–water partition coefficient (Wildman–Crippen LogP) is 1.79. The Morgan fingerprint density at radius 3 is 2.95 bits per heavy atom. The summed E-state index contributed by atoms with van der Waals surface area (Å²) in [6.45, 7) is 4.34. The van der Waals surface area contributed by atoms with Crippen molar-refractivity contribution >= 4 is 16.9 Å². The van der Waals surface area contributed by atoms with E-state index < -0.39 is 0 Å². The molecule has 5 nitrogen and oxygen atoms in total. The summed E-state index contributed by atoms with van der Waals surface area (Å²) in [4.78, 5) is 17.2. The standard InChI is InChI=1S/C15H18N2O3/c1-19-15(18)11-2-3-14-13(8-11)12(9-16-14)10-17-4-6-20-7-5-17/h2-3,8-9,16H,4-7,10H2,1H3. The van der Waals surface area contributed by atoms with Crippen LogP contribution in [0.3, 0.4) is 0 Å². The molecular formula is C15H18N2O3. The second kappa shape index (κ2) is 5.64. The molecule has 1 fully saturated rings. The fourth-order valence-electron chi connectivity index (χ4n) is 2.55. The molecule has 0 saturated carbocycles. The Kier molecular flexibility index (Phi) is 3.71. The Morgan fingerprint density at radius 1 is 1.40 bits per heavy atom. The summed E-state index contributed by atoms with van der Waals surface area (Å²) >= 11 is 0. The SMILES string of the molecule is COC(=O)c1ccc2[nH]cc(CN3CCOCC3)c2c1. The summed E-state index contributed by atoms with van der Waals surface area (Å²) < 4.78 is 10.1. The molecule has 5 heteroatoms. The van der Waals surface area contributed by atoms with Gasteiger partial charge in [0.1, 0.15) is 0 Å². The van der Waals surface area contributed by atoms with Crippen molar-refractivity contribution < 1.29 is 14.3 Å². The summed E-state index contributed by atoms with van der Waals surface area (Å²) in [6.07, 6.45) is 2.02. The zero-order chi connectivity index (χ0) is 13.9. The maximum absolute atomic E-state index is 11.6. The number of esters is 1. The van der Waals surface area contributed by atoms with Crippen molar-refractivity contribution in [3.63, 3.8) is 0 Å². The van der Waals surface area contributed by atoms with Crippen molar-refractivity contribution in [3.8, 4) is 0 Å². The summed E-state index contributed by atoms with van der Waals surface area (Å²) in [6, 6.07) is 5.60. The van der Waals surface area contributed by atoms with Crippen LogP contribution in [0.15, 0.2) is 24.4 Å². The minimum atomic E-state index is -0.301. The number of methoxy groups -OCH3 is 1. The summed E-state index contributed by atoms with van der Waals surface area (Å²) in [5.74, 6) is -0.301. The third-order valence-electron chi connectivity index (χ3n) is 3.69. The lowest BCUT2D eigenvalue weighted by molar-refractivity contribution is 0.0343. The van der Waals surface area contributed by atoms with Gasteiger partial charge in [0, 0.05) is 36.7 Å². The van der Waals surface area contributed by atoms with Crippen LogP contribution in [0.2, 0.25) is 0 Å². The number of morpholine rings is 1. The number of hydrogen-bond acceptors (Lipinski definition) is 4. The molecule has 1 aliphatic rings. The first-order valence-corrected chi connectivity index (χ1v) is 6.76. The average Bonchev–Trinajstić information content (AvgIpc) is 2.90. The van der Waals surface area contributed by atoms with Crippen LogP contribution in [0, 0.1) is 0 Å². The van der Waals surface area contributed by atoms with Gasteiger partial charge in [-0.15, -0.1) is 0 Å². The number of rotatable bonds is 3. The molecule has 1 saturated heterocycles. The molecule has 2 aromatic rings. The molecule has 106 valence electrons. The number of ether oxygens (including phenoxy) is 2. The van der Waals surface area contributed by atoms with Crippen LogP contribution < -0.4 is 0 Å². The second-order valence-electron chi connectivity index (χ2n) is 4.95. The van der Waals surface area contributed by atoms with Crippen LogP contribution in [-0.2, 0) is 16.0 Å². The van der Waals surface area contributed by atoms with Crippen molar-refractivity contribution in [1.82, 2.24) is 9.88 Å². The smallest absolute Gasteiger partial charge is 0.337 e. The van der Waals surface area contributed by atoms with E-state index in [1.165, 1.54) is 12.7 Å². The van der Waals surface area contributed by atoms with Crippen LogP contribution in [0.25, 0.3) is 10.9 Å². The molecule has 2 heterocycles. The lowest BCUT2D eigenvalue weighted by atomic mass is 10.1. The van der Waals surface area contributed by atoms with Gasteiger partial charge in [-0.05, 0) is 23.8 Å². The Morgan fingerprint density at radius 2 is 2.20 bits per heavy atom. The van der Waals surface area contributed by atoms with E-state index >= 15 is 0 Å². The van der Waals surface area contributed by atoms with Crippen LogP contribution in [0.1, 0.15) is 15.9 Å². The van der Waals surface area contributed by atoms with E-state index in [2.05, 4.69) is 9.88 Å². The first kappa shape index (κ1) is 13.1. The Balaban J connectivity index is 1.88. The highest BCUT2D eigenvalue weighted by molar-refractivity contribution is 5.95. The number of H-pyrrole nitrogens is 1. The highest BCUT2D eigenvalue weighted by Gasteiger charge is 2.14. The summed E-state index contributed by atoms with van der Waals surface area (Å²) in [5.41, 5.74) is 2.83. The Hall–Kier alpha value is -1.85. The summed E-state index contributed by atoms with van der Waals surface area (Å²) in [7, 11) is 1.40. The zero-order valence-electron chi connectivity index (χ0n) is 11.5. The normalized spacial score (nSPS) is 16.4. The van der Waals surface area contributed by atoms with Crippen LogP contribution in [0.4, 0.5) is 0 Å². The van der Waals surface area contributed by atoms with Gasteiger partial charge in [0.25, 0.3) is 0 Å². The number of aromatic nitrogens is 1. The predicted molar refractivity (Wildman–Crippen MR) is 75.7 cm³/mol. The molecule has 0 unspecified atom stereocenters. The minimum Gasteiger partial charge on any atom is -0.465 e. The van der Waals surface area contributed by atoms with Gasteiger partial charge in [0.05, 0.1) is 25.9 Å². The molecular weight excluding hydrogens is 256 g/mol. The molecule has 0 bridgehead atoms. The largest absolute Gasteiger partial charge is 0.465 e. The Bertz CT molecular complexity index is 615. The number of carbonyl (C=O) groups excluding carboxylic acids is 1. The van der Waals surface area contributed by atoms with E-state index in [1.807, 2.05) is 18.3 Å². The van der Waals surface area contributed by atoms with E-state index in [9.17, 15) is 4.79 Å². The highest BCUT2D eigenvalue weighted by Crippen LogP contribution is 2.22. The molecule has 1 aliphatic heterocycles. The van der Waals surface area contributed by atoms with Gasteiger partial charge in [-0.2, -0.15) is 0 Å². The monoisotopic (exact) mass is 274 g/mol. The van der Waals surface area contributed by atoms with E-state index in [4.69, 9.17) is 9.47 Å². The van der Waals surface area contributed by atoms with Gasteiger partial charge in [-0.25, -0.2) is 4.79 Å². The third kappa shape index (κ3) is 2.55. The molecule has 20 heavy (non-hydrogen) atoms. The van der Waals surface area contributed by atoms with Crippen molar-refractivity contribution in [3.05, 3.63) is 35.5 Å². The van der Waals surface area contributed by atoms with Crippen molar-refractivity contribution in [2.45, 2.75) is 6.54 Å². The number of hydrogen-bond donors (Lipinski definition) is 1. The number of nitrogens with one attached hydrogen (secondary N) is 1. The molecule has 1 N–H and O–H groups in total. The topological polar surface area (TPSA) is 54.6 Å². The fraction of sp³-hybridized carbons (Fsp3) is 0.400. The number of aromatic amines is 1. The van der Waals surface area contributed by atoms with Crippen LogP contribution in [-0.4, -0.2) is 49.3 Å². The molecule has 0 atom stereocenters. The van der Waals surface area contributed by atoms with Gasteiger partial charge in [0.15, 0.2) is 0 Å². The first-order valence-electron chi connectivity index (χ1n) is 6.76. The van der Waals surface area contributed by atoms with Crippen molar-refractivity contribution in [1.29, 1.82) is 0 Å². The van der Waals surface area contributed by atoms with Gasteiger partial charge in [0.2, 0.25) is 0 Å². The molecule has 0 radical (unpaired) electrons. The number of nitrogens with zero attached hydrogens (tertiary/aromatic N) is 1. The molecule has 1 aromatic carbocycles. The van der Waals surface area contributed by atoms with Crippen molar-refractivity contribution in [2.75, 3.05) is 33.4 Å². The molecule has 0 spiro atoms. The lowest BCUT2D eigenvalue weighted by Crippen LogP contribution is -2.35. The van der Waals surface area contributed by atoms with Crippen molar-refractivity contribution in [2.24, 2.45) is 0 Å². The van der Waals surface area contributed by atoms with Gasteiger partial charge in [-0.3, -0.25) is 4.90 Å². The van der Waals surface area contributed by atoms with E-state index in [-0.39, 0.29) is 5.97 Å². The van der Waals surface area contributed by atoms with E-state index in [0.717, 1.165) is 43.8 Å². The minimum absolute atomic E-state index is 0.301. The third-order valence-corrected chi connectivity index (χ3v) is 3.69. The number of fused-ring (bicyclic) bond motifs is 1. The van der Waals surface area contributed by atoms with Gasteiger partial charge < -0.3 is 14.5 Å². The van der Waals surface area contributed by atoms with E-state index in [1.54, 1.807) is 6.07 Å². The number of benzene rings is 1. The maximum atomic E-state index is 11.6. The second-order valence-corrected chi connectivity index (χ2v) is 4.95. The number of carbonyl (C=O) groups is 1. The average molecular weight is 274 g/mol. The van der Waals surface area contributed by atoms with Crippen LogP contribution >= 0.6 is 0 Å². The maximum Gasteiger partial charge on any atom is 0.337 e. The zero-order valence-corrected chi connectivity index (χ0v) is 11.5. The van der Waals surface area contributed by atoms with E-state index in [0.29, 0.717) is 5.56 Å². The Labute approximate surface area is 117 Å². The molecule has 1 aromatic heterocycles. The lowest BCUT2D eigenvalue weighted by Gasteiger charge is -2.26. The first-order chi connectivity index (χ1) is 9.78. The molecule has 0 amide bonds.